The summed E-state index contributed by atoms with van der Waals surface area (Å²) in [4.78, 5) is 0. The number of nitrogens with zero attached hydrogens (tertiary/aromatic N) is 2. The van der Waals surface area contributed by atoms with E-state index in [1.54, 1.807) is 0 Å². The molecule has 1 heterocycles. The number of nitrogen functional groups attached to an aromatic ring is 1. The molecule has 0 fully saturated rings. The molecule has 23 heavy (non-hydrogen) atoms. The number of benzene rings is 1. The van der Waals surface area contributed by atoms with Crippen LogP contribution in [-0.2, 0) is 0 Å². The molecule has 0 saturated heterocycles. The Bertz CT molecular complexity index is 669. The molecule has 1 aromatic heterocycles. The van der Waals surface area contributed by atoms with Crippen molar-refractivity contribution in [3.8, 4) is 5.75 Å². The number of nitrogens with two attached hydrogens (primary N) is 1. The van der Waals surface area contributed by atoms with Crippen molar-refractivity contribution in [2.75, 3.05) is 18.6 Å². The lowest BCUT2D eigenvalue weighted by Gasteiger charge is -2.23. The van der Waals surface area contributed by atoms with Crippen LogP contribution in [0.3, 0.4) is 0 Å². The van der Waals surface area contributed by atoms with Crippen LogP contribution in [0.4, 0.5) is 5.82 Å². The summed E-state index contributed by atoms with van der Waals surface area (Å²) in [5, 5.41) is 23.1. The van der Waals surface area contributed by atoms with Gasteiger partial charge in [0.25, 0.3) is 0 Å². The number of nitrogens with one attached hydrogen (secondary N) is 2. The molecule has 2 aromatic rings. The Morgan fingerprint density at radius 1 is 1.30 bits per heavy atom. The van der Waals surface area contributed by atoms with Gasteiger partial charge in [-0.05, 0) is 33.8 Å². The standard InChI is InChI=1S/C16H25N5O2/c1-10-14-12(15(19-17)21-20-10)6-5-7-13(14)23-9-11(22)8-18-16(2,3)4/h5-7,11,18,22H,8-9,17H2,1-4H3,(H,19,21). The first kappa shape index (κ1) is 17.4. The second-order valence-electron chi connectivity index (χ2n) is 6.55. The molecule has 0 aliphatic rings. The SMILES string of the molecule is Cc1nnc(NN)c2cccc(OCC(O)CNC(C)(C)C)c12. The zero-order valence-corrected chi connectivity index (χ0v) is 14.1. The highest BCUT2D eigenvalue weighted by molar-refractivity contribution is 5.97. The molecule has 0 aliphatic carbocycles. The molecule has 126 valence electrons. The molecule has 2 rings (SSSR count). The number of hydrogen-bond acceptors (Lipinski definition) is 7. The summed E-state index contributed by atoms with van der Waals surface area (Å²) in [7, 11) is 0. The molecule has 7 nitrogen and oxygen atoms in total. The molecule has 0 aliphatic heterocycles. The normalized spacial score (nSPS) is 13.1. The first-order valence-corrected chi connectivity index (χ1v) is 7.60. The Balaban J connectivity index is 2.15. The van der Waals surface area contributed by atoms with Crippen LogP contribution >= 0.6 is 0 Å². The number of aromatic nitrogens is 2. The largest absolute Gasteiger partial charge is 0.490 e. The van der Waals surface area contributed by atoms with Crippen molar-refractivity contribution >= 4 is 16.6 Å². The van der Waals surface area contributed by atoms with Gasteiger partial charge in [0.15, 0.2) is 5.82 Å². The fraction of sp³-hybridized carbons (Fsp3) is 0.500. The Labute approximate surface area is 136 Å². The average molecular weight is 319 g/mol. The second-order valence-corrected chi connectivity index (χ2v) is 6.55. The first-order chi connectivity index (χ1) is 10.8. The minimum absolute atomic E-state index is 0.0473. The fourth-order valence-electron chi connectivity index (χ4n) is 2.23. The second kappa shape index (κ2) is 7.08. The van der Waals surface area contributed by atoms with Crippen molar-refractivity contribution in [2.24, 2.45) is 5.84 Å². The lowest BCUT2D eigenvalue weighted by atomic mass is 10.1. The van der Waals surface area contributed by atoms with Gasteiger partial charge in [-0.2, -0.15) is 5.10 Å². The number of hydrogen-bond donors (Lipinski definition) is 4. The summed E-state index contributed by atoms with van der Waals surface area (Å²) in [6.07, 6.45) is -0.605. The van der Waals surface area contributed by atoms with Crippen LogP contribution in [-0.4, -0.2) is 40.1 Å². The number of rotatable bonds is 6. The maximum Gasteiger partial charge on any atom is 0.170 e. The van der Waals surface area contributed by atoms with Crippen LogP contribution in [0.25, 0.3) is 10.8 Å². The van der Waals surface area contributed by atoms with E-state index >= 15 is 0 Å². The quantitative estimate of drug-likeness (QED) is 0.470. The number of fused-ring (bicyclic) bond motifs is 1. The van der Waals surface area contributed by atoms with Gasteiger partial charge < -0.3 is 20.6 Å². The van der Waals surface area contributed by atoms with E-state index in [9.17, 15) is 5.11 Å². The minimum atomic E-state index is -0.605. The summed E-state index contributed by atoms with van der Waals surface area (Å²) < 4.78 is 5.80. The number of aliphatic hydroxyl groups excluding tert-OH is 1. The van der Waals surface area contributed by atoms with Crippen LogP contribution in [0.15, 0.2) is 18.2 Å². The lowest BCUT2D eigenvalue weighted by molar-refractivity contribution is 0.101. The number of β-amino-alcohol motifs (C(OH)–C–C–N with tert-alkyl or cyclic N) is 1. The van der Waals surface area contributed by atoms with Gasteiger partial charge in [-0.3, -0.25) is 0 Å². The predicted molar refractivity (Wildman–Crippen MR) is 91.3 cm³/mol. The summed E-state index contributed by atoms with van der Waals surface area (Å²) in [5.41, 5.74) is 3.24. The van der Waals surface area contributed by atoms with Crippen molar-refractivity contribution in [3.05, 3.63) is 23.9 Å². The Morgan fingerprint density at radius 2 is 2.04 bits per heavy atom. The monoisotopic (exact) mass is 319 g/mol. The molecule has 0 spiro atoms. The van der Waals surface area contributed by atoms with E-state index < -0.39 is 6.10 Å². The highest BCUT2D eigenvalue weighted by Gasteiger charge is 2.15. The van der Waals surface area contributed by atoms with Crippen LogP contribution in [0.1, 0.15) is 26.5 Å². The lowest BCUT2D eigenvalue weighted by Crippen LogP contribution is -2.42. The van der Waals surface area contributed by atoms with Crippen molar-refractivity contribution in [1.82, 2.24) is 15.5 Å². The van der Waals surface area contributed by atoms with Gasteiger partial charge in [0.2, 0.25) is 0 Å². The van der Waals surface area contributed by atoms with E-state index in [4.69, 9.17) is 10.6 Å². The molecule has 0 bridgehead atoms. The Hall–Kier alpha value is -1.96. The summed E-state index contributed by atoms with van der Waals surface area (Å²) in [6, 6.07) is 5.61. The maximum atomic E-state index is 10.1. The van der Waals surface area contributed by atoms with Crippen LogP contribution in [0.2, 0.25) is 0 Å². The van der Waals surface area contributed by atoms with E-state index in [2.05, 4.69) is 41.7 Å². The molecular weight excluding hydrogens is 294 g/mol. The molecule has 1 aromatic carbocycles. The Morgan fingerprint density at radius 3 is 2.70 bits per heavy atom. The van der Waals surface area contributed by atoms with E-state index in [0.29, 0.717) is 18.1 Å². The molecule has 7 heteroatoms. The summed E-state index contributed by atoms with van der Waals surface area (Å²) >= 11 is 0. The molecule has 0 radical (unpaired) electrons. The molecule has 0 saturated carbocycles. The van der Waals surface area contributed by atoms with Gasteiger partial charge >= 0.3 is 0 Å². The van der Waals surface area contributed by atoms with Crippen molar-refractivity contribution in [2.45, 2.75) is 39.3 Å². The number of hydrazine groups is 1. The molecule has 1 unspecified atom stereocenters. The molecule has 5 N–H and O–H groups in total. The third kappa shape index (κ3) is 4.51. The summed E-state index contributed by atoms with van der Waals surface area (Å²) in [6.45, 7) is 8.66. The highest BCUT2D eigenvalue weighted by Crippen LogP contribution is 2.30. The number of ether oxygens (including phenoxy) is 1. The van der Waals surface area contributed by atoms with Crippen molar-refractivity contribution < 1.29 is 9.84 Å². The summed E-state index contributed by atoms with van der Waals surface area (Å²) in [5.74, 6) is 6.62. The molecule has 0 amide bonds. The zero-order chi connectivity index (χ0) is 17.0. The predicted octanol–water partition coefficient (Wildman–Crippen LogP) is 1.35. The molecular formula is C16H25N5O2. The Kier molecular flexibility index (Phi) is 5.35. The van der Waals surface area contributed by atoms with Crippen LogP contribution in [0.5, 0.6) is 5.75 Å². The first-order valence-electron chi connectivity index (χ1n) is 7.60. The van der Waals surface area contributed by atoms with Gasteiger partial charge in [0.1, 0.15) is 18.5 Å². The van der Waals surface area contributed by atoms with E-state index in [1.165, 1.54) is 0 Å². The van der Waals surface area contributed by atoms with Gasteiger partial charge in [0, 0.05) is 17.5 Å². The van der Waals surface area contributed by atoms with Crippen LogP contribution < -0.4 is 21.3 Å². The van der Waals surface area contributed by atoms with Gasteiger partial charge in [-0.1, -0.05) is 12.1 Å². The van der Waals surface area contributed by atoms with Gasteiger partial charge in [-0.15, -0.1) is 5.10 Å². The molecule has 1 atom stereocenters. The van der Waals surface area contributed by atoms with Gasteiger partial charge in [0.05, 0.1) is 11.1 Å². The topological polar surface area (TPSA) is 105 Å². The number of aryl methyl sites for hydroxylation is 1. The third-order valence-electron chi connectivity index (χ3n) is 3.38. The zero-order valence-electron chi connectivity index (χ0n) is 14.1. The fourth-order valence-corrected chi connectivity index (χ4v) is 2.23. The van der Waals surface area contributed by atoms with E-state index in [1.807, 2.05) is 25.1 Å². The number of aliphatic hydroxyl groups is 1. The van der Waals surface area contributed by atoms with Crippen molar-refractivity contribution in [3.63, 3.8) is 0 Å². The van der Waals surface area contributed by atoms with Crippen LogP contribution in [0, 0.1) is 6.92 Å². The van der Waals surface area contributed by atoms with E-state index in [0.717, 1.165) is 16.5 Å². The minimum Gasteiger partial charge on any atom is -0.490 e. The smallest absolute Gasteiger partial charge is 0.170 e. The third-order valence-corrected chi connectivity index (χ3v) is 3.38. The van der Waals surface area contributed by atoms with E-state index in [-0.39, 0.29) is 12.1 Å². The van der Waals surface area contributed by atoms with Gasteiger partial charge in [-0.25, -0.2) is 5.84 Å². The van der Waals surface area contributed by atoms with Crippen molar-refractivity contribution in [1.29, 1.82) is 0 Å². The average Bonchev–Trinajstić information content (AvgIpc) is 2.50. The number of anilines is 1. The maximum absolute atomic E-state index is 10.1. The highest BCUT2D eigenvalue weighted by atomic mass is 16.5.